The van der Waals surface area contributed by atoms with Gasteiger partial charge in [0.2, 0.25) is 5.91 Å². The minimum absolute atomic E-state index is 0.0808. The van der Waals surface area contributed by atoms with Gasteiger partial charge < -0.3 is 11.1 Å². The van der Waals surface area contributed by atoms with Crippen molar-refractivity contribution < 1.29 is 9.00 Å². The number of carbonyl (C=O) groups excluding carboxylic acids is 1. The van der Waals surface area contributed by atoms with Crippen molar-refractivity contribution in [3.63, 3.8) is 0 Å². The average molecular weight is 232 g/mol. The predicted molar refractivity (Wildman–Crippen MR) is 61.9 cm³/mol. The molecular weight excluding hydrogens is 212 g/mol. The average Bonchev–Trinajstić information content (AvgIpc) is 2.20. The molecule has 1 saturated heterocycles. The summed E-state index contributed by atoms with van der Waals surface area (Å²) >= 11 is 0. The predicted octanol–water partition coefficient (Wildman–Crippen LogP) is -0.00300. The Hall–Kier alpha value is -0.420. The lowest BCUT2D eigenvalue weighted by Gasteiger charge is -2.25. The lowest BCUT2D eigenvalue weighted by Crippen LogP contribution is -2.49. The monoisotopic (exact) mass is 232 g/mol. The maximum atomic E-state index is 11.6. The van der Waals surface area contributed by atoms with Crippen molar-refractivity contribution in [2.75, 3.05) is 11.5 Å². The van der Waals surface area contributed by atoms with E-state index in [1.165, 1.54) is 0 Å². The van der Waals surface area contributed by atoms with Crippen LogP contribution in [0, 0.1) is 5.92 Å². The van der Waals surface area contributed by atoms with Crippen molar-refractivity contribution in [3.8, 4) is 0 Å². The molecule has 88 valence electrons. The molecule has 0 aromatic carbocycles. The van der Waals surface area contributed by atoms with E-state index < -0.39 is 16.8 Å². The number of carbonyl (C=O) groups is 1. The summed E-state index contributed by atoms with van der Waals surface area (Å²) in [6.45, 7) is 3.86. The van der Waals surface area contributed by atoms with Gasteiger partial charge in [-0.25, -0.2) is 0 Å². The Morgan fingerprint density at radius 3 is 2.40 bits per heavy atom. The molecule has 0 aromatic heterocycles. The molecule has 0 aliphatic carbocycles. The molecule has 4 nitrogen and oxygen atoms in total. The van der Waals surface area contributed by atoms with Crippen molar-refractivity contribution in [3.05, 3.63) is 0 Å². The van der Waals surface area contributed by atoms with Crippen molar-refractivity contribution >= 4 is 16.7 Å². The van der Waals surface area contributed by atoms with E-state index >= 15 is 0 Å². The lowest BCUT2D eigenvalue weighted by molar-refractivity contribution is -0.124. The van der Waals surface area contributed by atoms with Gasteiger partial charge in [0.25, 0.3) is 0 Å². The highest BCUT2D eigenvalue weighted by Gasteiger charge is 2.23. The summed E-state index contributed by atoms with van der Waals surface area (Å²) in [5.74, 6) is 1.47. The molecule has 1 atom stereocenters. The Balaban J connectivity index is 2.35. The first-order valence-corrected chi connectivity index (χ1v) is 6.90. The minimum atomic E-state index is -0.678. The van der Waals surface area contributed by atoms with Crippen molar-refractivity contribution in [2.24, 2.45) is 11.7 Å². The minimum Gasteiger partial charge on any atom is -0.352 e. The van der Waals surface area contributed by atoms with E-state index in [9.17, 15) is 9.00 Å². The quantitative estimate of drug-likeness (QED) is 0.719. The molecule has 3 N–H and O–H groups in total. The van der Waals surface area contributed by atoms with Crippen LogP contribution in [-0.4, -0.2) is 33.7 Å². The van der Waals surface area contributed by atoms with Gasteiger partial charge in [-0.05, 0) is 18.8 Å². The van der Waals surface area contributed by atoms with Crippen LogP contribution in [0.2, 0.25) is 0 Å². The highest BCUT2D eigenvalue weighted by Crippen LogP contribution is 2.09. The summed E-state index contributed by atoms with van der Waals surface area (Å²) < 4.78 is 11.1. The number of nitrogens with one attached hydrogen (secondary N) is 1. The summed E-state index contributed by atoms with van der Waals surface area (Å²) in [5.41, 5.74) is 5.73. The summed E-state index contributed by atoms with van der Waals surface area (Å²) in [4.78, 5) is 11.6. The van der Waals surface area contributed by atoms with Crippen LogP contribution >= 0.6 is 0 Å². The largest absolute Gasteiger partial charge is 0.352 e. The lowest BCUT2D eigenvalue weighted by atomic mass is 10.0. The second-order valence-electron chi connectivity index (χ2n) is 4.40. The Bertz CT molecular complexity index is 246. The Morgan fingerprint density at radius 2 is 1.93 bits per heavy atom. The fourth-order valence-electron chi connectivity index (χ4n) is 1.54. The molecule has 15 heavy (non-hydrogen) atoms. The maximum Gasteiger partial charge on any atom is 0.237 e. The Morgan fingerprint density at radius 1 is 1.40 bits per heavy atom. The first kappa shape index (κ1) is 12.6. The van der Waals surface area contributed by atoms with Crippen LogP contribution in [0.3, 0.4) is 0 Å². The summed E-state index contributed by atoms with van der Waals surface area (Å²) in [5, 5.41) is 2.92. The molecule has 0 aromatic rings. The molecule has 1 unspecified atom stereocenters. The number of hydrogen-bond donors (Lipinski definition) is 2. The first-order chi connectivity index (χ1) is 7.00. The van der Waals surface area contributed by atoms with Crippen LogP contribution in [0.25, 0.3) is 0 Å². The molecule has 0 saturated carbocycles. The summed E-state index contributed by atoms with van der Waals surface area (Å²) in [6.07, 6.45) is 1.62. The van der Waals surface area contributed by atoms with Crippen molar-refractivity contribution in [1.29, 1.82) is 0 Å². The van der Waals surface area contributed by atoms with E-state index in [0.29, 0.717) is 11.5 Å². The molecule has 0 radical (unpaired) electrons. The maximum absolute atomic E-state index is 11.6. The van der Waals surface area contributed by atoms with Gasteiger partial charge in [-0.3, -0.25) is 9.00 Å². The highest BCUT2D eigenvalue weighted by molar-refractivity contribution is 7.85. The van der Waals surface area contributed by atoms with Crippen molar-refractivity contribution in [2.45, 2.75) is 38.8 Å². The van der Waals surface area contributed by atoms with Gasteiger partial charge >= 0.3 is 0 Å². The van der Waals surface area contributed by atoms with Gasteiger partial charge in [-0.2, -0.15) is 0 Å². The molecule has 1 heterocycles. The smallest absolute Gasteiger partial charge is 0.237 e. The molecular formula is C10H20N2O2S. The second kappa shape index (κ2) is 5.61. The van der Waals surface area contributed by atoms with Crippen LogP contribution in [0.4, 0.5) is 0 Å². The zero-order chi connectivity index (χ0) is 11.4. The van der Waals surface area contributed by atoms with E-state index in [-0.39, 0.29) is 17.9 Å². The zero-order valence-corrected chi connectivity index (χ0v) is 10.2. The zero-order valence-electron chi connectivity index (χ0n) is 9.36. The SMILES string of the molecule is CC(C)C(N)C(=O)NC1CCS(=O)CC1. The Kier molecular flexibility index (Phi) is 4.73. The standard InChI is InChI=1S/C10H20N2O2S/c1-7(2)9(11)10(13)12-8-3-5-15(14)6-4-8/h7-9H,3-6,11H2,1-2H3,(H,12,13). The van der Waals surface area contributed by atoms with E-state index in [2.05, 4.69) is 5.32 Å². The third kappa shape index (κ3) is 3.91. The van der Waals surface area contributed by atoms with E-state index in [1.807, 2.05) is 13.8 Å². The van der Waals surface area contributed by atoms with Gasteiger partial charge in [0, 0.05) is 28.3 Å². The molecule has 5 heteroatoms. The topological polar surface area (TPSA) is 72.2 Å². The van der Waals surface area contributed by atoms with Crippen molar-refractivity contribution in [1.82, 2.24) is 5.32 Å². The second-order valence-corrected chi connectivity index (χ2v) is 6.10. The molecule has 1 aliphatic heterocycles. The molecule has 0 spiro atoms. The molecule has 0 bridgehead atoms. The van der Waals surface area contributed by atoms with Gasteiger partial charge in [0.15, 0.2) is 0 Å². The van der Waals surface area contributed by atoms with Crippen LogP contribution < -0.4 is 11.1 Å². The molecule has 1 aliphatic rings. The number of hydrogen-bond acceptors (Lipinski definition) is 3. The van der Waals surface area contributed by atoms with E-state index in [4.69, 9.17) is 5.73 Å². The van der Waals surface area contributed by atoms with Crippen LogP contribution in [-0.2, 0) is 15.6 Å². The van der Waals surface area contributed by atoms with Crippen LogP contribution in [0.5, 0.6) is 0 Å². The van der Waals surface area contributed by atoms with E-state index in [0.717, 1.165) is 12.8 Å². The molecule has 1 amide bonds. The fraction of sp³-hybridized carbons (Fsp3) is 0.900. The third-order valence-corrected chi connectivity index (χ3v) is 4.14. The normalized spacial score (nSPS) is 28.8. The number of nitrogens with two attached hydrogens (primary N) is 1. The van der Waals surface area contributed by atoms with Crippen LogP contribution in [0.1, 0.15) is 26.7 Å². The van der Waals surface area contributed by atoms with Gasteiger partial charge in [-0.15, -0.1) is 0 Å². The van der Waals surface area contributed by atoms with Gasteiger partial charge in [0.1, 0.15) is 0 Å². The summed E-state index contributed by atoms with van der Waals surface area (Å²) in [6, 6.07) is -0.266. The highest BCUT2D eigenvalue weighted by atomic mass is 32.2. The third-order valence-electron chi connectivity index (χ3n) is 2.76. The summed E-state index contributed by atoms with van der Waals surface area (Å²) in [7, 11) is -0.678. The van der Waals surface area contributed by atoms with Gasteiger partial charge in [-0.1, -0.05) is 13.8 Å². The fourth-order valence-corrected chi connectivity index (χ4v) is 2.84. The van der Waals surface area contributed by atoms with Crippen LogP contribution in [0.15, 0.2) is 0 Å². The number of amides is 1. The Labute approximate surface area is 93.4 Å². The first-order valence-electron chi connectivity index (χ1n) is 5.41. The van der Waals surface area contributed by atoms with E-state index in [1.54, 1.807) is 0 Å². The molecule has 1 fully saturated rings. The molecule has 1 rings (SSSR count). The van der Waals surface area contributed by atoms with Gasteiger partial charge in [0.05, 0.1) is 6.04 Å². The number of rotatable bonds is 3.